The molecule has 0 bridgehead atoms. The van der Waals surface area contributed by atoms with Gasteiger partial charge in [0.1, 0.15) is 17.3 Å². The Hall–Kier alpha value is -2.42. The smallest absolute Gasteiger partial charge is 0.195 e. The number of nitrogens with zero attached hydrogens (tertiary/aromatic N) is 1. The molecule has 0 atom stereocenters. The van der Waals surface area contributed by atoms with Gasteiger partial charge < -0.3 is 14.2 Å². The maximum atomic E-state index is 13.6. The van der Waals surface area contributed by atoms with Crippen LogP contribution in [0.25, 0.3) is 0 Å². The van der Waals surface area contributed by atoms with Gasteiger partial charge in [0, 0.05) is 23.6 Å². The first-order chi connectivity index (χ1) is 11.2. The highest BCUT2D eigenvalue weighted by molar-refractivity contribution is 5.48. The van der Waals surface area contributed by atoms with Gasteiger partial charge in [-0.3, -0.25) is 0 Å². The van der Waals surface area contributed by atoms with E-state index in [-0.39, 0.29) is 5.56 Å². The zero-order chi connectivity index (χ0) is 15.9. The van der Waals surface area contributed by atoms with Crippen molar-refractivity contribution >= 4 is 0 Å². The molecule has 2 aromatic rings. The Morgan fingerprint density at radius 1 is 1.17 bits per heavy atom. The Balaban J connectivity index is 1.71. The molecule has 4 nitrogen and oxygen atoms in total. The number of hydrogen-bond acceptors (Lipinski definition) is 4. The number of ether oxygens (including phenoxy) is 3. The number of benzene rings is 2. The van der Waals surface area contributed by atoms with Crippen molar-refractivity contribution < 1.29 is 18.6 Å². The molecule has 116 valence electrons. The van der Waals surface area contributed by atoms with E-state index in [1.54, 1.807) is 0 Å². The molecule has 1 saturated heterocycles. The van der Waals surface area contributed by atoms with Crippen LogP contribution in [-0.4, -0.2) is 13.2 Å². The van der Waals surface area contributed by atoms with Crippen molar-refractivity contribution in [1.82, 2.24) is 0 Å². The van der Waals surface area contributed by atoms with Crippen LogP contribution in [0.4, 0.5) is 4.39 Å². The fourth-order valence-electron chi connectivity index (χ4n) is 3.27. The molecule has 1 fully saturated rings. The minimum Gasteiger partial charge on any atom is -0.457 e. The largest absolute Gasteiger partial charge is 0.457 e. The number of rotatable bonds is 2. The molecule has 4 rings (SSSR count). The average Bonchev–Trinajstić information content (AvgIpc) is 3.17. The van der Waals surface area contributed by atoms with Gasteiger partial charge in [0.15, 0.2) is 5.79 Å². The third kappa shape index (κ3) is 2.37. The minimum absolute atomic E-state index is 0.228. The van der Waals surface area contributed by atoms with E-state index in [1.807, 2.05) is 24.3 Å². The summed E-state index contributed by atoms with van der Waals surface area (Å²) in [4.78, 5) is 0. The minimum atomic E-state index is -0.658. The van der Waals surface area contributed by atoms with Gasteiger partial charge in [0.2, 0.25) is 0 Å². The molecule has 2 aromatic carbocycles. The van der Waals surface area contributed by atoms with Crippen LogP contribution in [0, 0.1) is 17.1 Å². The lowest BCUT2D eigenvalue weighted by Gasteiger charge is -2.23. The van der Waals surface area contributed by atoms with Crippen LogP contribution in [0.1, 0.15) is 23.1 Å². The average molecular weight is 311 g/mol. The van der Waals surface area contributed by atoms with Gasteiger partial charge in [-0.25, -0.2) is 4.39 Å². The summed E-state index contributed by atoms with van der Waals surface area (Å²) in [5.41, 5.74) is 2.22. The van der Waals surface area contributed by atoms with E-state index in [0.29, 0.717) is 24.7 Å². The summed E-state index contributed by atoms with van der Waals surface area (Å²) in [6.07, 6.45) is 1.52. The highest BCUT2D eigenvalue weighted by Gasteiger charge is 2.45. The monoisotopic (exact) mass is 311 g/mol. The fourth-order valence-corrected chi connectivity index (χ4v) is 3.27. The van der Waals surface area contributed by atoms with Crippen molar-refractivity contribution in [3.8, 4) is 17.6 Å². The quantitative estimate of drug-likeness (QED) is 0.849. The fraction of sp³-hybridized carbons (Fsp3) is 0.278. The third-order valence-electron chi connectivity index (χ3n) is 4.23. The van der Waals surface area contributed by atoms with Gasteiger partial charge in [-0.05, 0) is 24.6 Å². The molecule has 1 heterocycles. The van der Waals surface area contributed by atoms with Crippen molar-refractivity contribution in [2.45, 2.75) is 18.6 Å². The topological polar surface area (TPSA) is 51.5 Å². The summed E-state index contributed by atoms with van der Waals surface area (Å²) in [5.74, 6) is -0.197. The van der Waals surface area contributed by atoms with Gasteiger partial charge in [0.25, 0.3) is 0 Å². The Morgan fingerprint density at radius 3 is 2.78 bits per heavy atom. The standard InChI is InChI=1S/C18H14FNO3/c19-13-8-12(11-20)9-14(10-13)23-17-3-1-2-16-15(17)4-5-18(16)21-6-7-22-18/h1-3,8-10H,4-7H2. The van der Waals surface area contributed by atoms with E-state index >= 15 is 0 Å². The molecule has 0 N–H and O–H groups in total. The van der Waals surface area contributed by atoms with Crippen LogP contribution in [0.15, 0.2) is 36.4 Å². The van der Waals surface area contributed by atoms with Crippen molar-refractivity contribution in [3.63, 3.8) is 0 Å². The Labute approximate surface area is 133 Å². The maximum absolute atomic E-state index is 13.6. The highest BCUT2D eigenvalue weighted by atomic mass is 19.1. The molecule has 23 heavy (non-hydrogen) atoms. The molecule has 0 radical (unpaired) electrons. The molecule has 1 spiro atoms. The lowest BCUT2D eigenvalue weighted by Crippen LogP contribution is -2.23. The number of fused-ring (bicyclic) bond motifs is 2. The molecule has 1 aliphatic carbocycles. The lowest BCUT2D eigenvalue weighted by molar-refractivity contribution is -0.163. The zero-order valence-electron chi connectivity index (χ0n) is 12.3. The van der Waals surface area contributed by atoms with Crippen LogP contribution < -0.4 is 4.74 Å². The Kier molecular flexibility index (Phi) is 3.29. The third-order valence-corrected chi connectivity index (χ3v) is 4.23. The summed E-state index contributed by atoms with van der Waals surface area (Å²) in [7, 11) is 0. The molecule has 2 aliphatic rings. The van der Waals surface area contributed by atoms with Crippen LogP contribution in [-0.2, 0) is 21.7 Å². The molecule has 0 saturated carbocycles. The summed E-state index contributed by atoms with van der Waals surface area (Å²) in [6, 6.07) is 11.6. The molecule has 0 amide bonds. The van der Waals surface area contributed by atoms with E-state index in [4.69, 9.17) is 19.5 Å². The highest BCUT2D eigenvalue weighted by Crippen LogP contribution is 2.47. The summed E-state index contributed by atoms with van der Waals surface area (Å²) in [6.45, 7) is 1.17. The number of nitriles is 1. The number of halogens is 1. The SMILES string of the molecule is N#Cc1cc(F)cc(Oc2cccc3c2CCC32OCCO2)c1. The molecular formula is C18H14FNO3. The predicted molar refractivity (Wildman–Crippen MR) is 79.5 cm³/mol. The van der Waals surface area contributed by atoms with Gasteiger partial charge >= 0.3 is 0 Å². The first-order valence-electron chi connectivity index (χ1n) is 7.49. The van der Waals surface area contributed by atoms with E-state index in [2.05, 4.69) is 0 Å². The van der Waals surface area contributed by atoms with Crippen molar-refractivity contribution in [2.24, 2.45) is 0 Å². The molecule has 0 unspecified atom stereocenters. The van der Waals surface area contributed by atoms with E-state index in [0.717, 1.165) is 24.0 Å². The van der Waals surface area contributed by atoms with Gasteiger partial charge in [-0.2, -0.15) is 5.26 Å². The lowest BCUT2D eigenvalue weighted by atomic mass is 10.1. The second-order valence-corrected chi connectivity index (χ2v) is 5.62. The second-order valence-electron chi connectivity index (χ2n) is 5.62. The molecular weight excluding hydrogens is 297 g/mol. The van der Waals surface area contributed by atoms with E-state index in [9.17, 15) is 4.39 Å². The molecule has 5 heteroatoms. The Bertz CT molecular complexity index is 806. The second kappa shape index (κ2) is 5.34. The number of hydrogen-bond donors (Lipinski definition) is 0. The van der Waals surface area contributed by atoms with E-state index < -0.39 is 11.6 Å². The van der Waals surface area contributed by atoms with Crippen molar-refractivity contribution in [3.05, 3.63) is 58.9 Å². The zero-order valence-corrected chi connectivity index (χ0v) is 12.3. The van der Waals surface area contributed by atoms with Crippen molar-refractivity contribution in [1.29, 1.82) is 5.26 Å². The van der Waals surface area contributed by atoms with Crippen LogP contribution >= 0.6 is 0 Å². The first-order valence-corrected chi connectivity index (χ1v) is 7.49. The van der Waals surface area contributed by atoms with Crippen LogP contribution in [0.2, 0.25) is 0 Å². The van der Waals surface area contributed by atoms with Gasteiger partial charge in [0.05, 0.1) is 24.8 Å². The molecule has 1 aliphatic heterocycles. The summed E-state index contributed by atoms with van der Waals surface area (Å²) in [5, 5.41) is 8.94. The summed E-state index contributed by atoms with van der Waals surface area (Å²) < 4.78 is 31.0. The van der Waals surface area contributed by atoms with Crippen molar-refractivity contribution in [2.75, 3.05) is 13.2 Å². The Morgan fingerprint density at radius 2 is 2.00 bits per heavy atom. The van der Waals surface area contributed by atoms with Gasteiger partial charge in [-0.15, -0.1) is 0 Å². The van der Waals surface area contributed by atoms with Crippen LogP contribution in [0.3, 0.4) is 0 Å². The first kappa shape index (κ1) is 14.2. The van der Waals surface area contributed by atoms with Crippen LogP contribution in [0.5, 0.6) is 11.5 Å². The normalized spacial score (nSPS) is 17.9. The maximum Gasteiger partial charge on any atom is 0.195 e. The predicted octanol–water partition coefficient (Wildman–Crippen LogP) is 3.64. The summed E-state index contributed by atoms with van der Waals surface area (Å²) >= 11 is 0. The van der Waals surface area contributed by atoms with E-state index in [1.165, 1.54) is 18.2 Å². The van der Waals surface area contributed by atoms with Gasteiger partial charge in [-0.1, -0.05) is 12.1 Å². The molecule has 0 aromatic heterocycles.